The van der Waals surface area contributed by atoms with E-state index in [4.69, 9.17) is 4.52 Å². The summed E-state index contributed by atoms with van der Waals surface area (Å²) in [5.74, 6) is 1.58. The molecule has 2 heterocycles. The number of hydrogen-bond donors (Lipinski definition) is 0. The topological polar surface area (TPSA) is 93.4 Å². The molecule has 0 atom stereocenters. The Morgan fingerprint density at radius 3 is 2.48 bits per heavy atom. The van der Waals surface area contributed by atoms with E-state index in [-0.39, 0.29) is 22.6 Å². The molecule has 0 N–H and O–H groups in total. The maximum absolute atomic E-state index is 12.9. The first-order valence-electron chi connectivity index (χ1n) is 9.10. The molecule has 3 rings (SSSR count). The summed E-state index contributed by atoms with van der Waals surface area (Å²) < 4.78 is 28.9. The molecule has 146 valence electrons. The number of piperidine rings is 1. The van der Waals surface area contributed by atoms with Gasteiger partial charge in [0, 0.05) is 36.7 Å². The molecular formula is C19H25N3O4S. The Labute approximate surface area is 159 Å². The van der Waals surface area contributed by atoms with Crippen LogP contribution in [0.5, 0.6) is 0 Å². The summed E-state index contributed by atoms with van der Waals surface area (Å²) in [5.41, 5.74) is 1.22. The van der Waals surface area contributed by atoms with Crippen LogP contribution < -0.4 is 0 Å². The minimum absolute atomic E-state index is 0.132. The third-order valence-corrected chi connectivity index (χ3v) is 6.08. The van der Waals surface area contributed by atoms with Crippen molar-refractivity contribution in [1.29, 1.82) is 0 Å². The molecule has 1 aliphatic heterocycles. The second kappa shape index (κ2) is 7.42. The lowest BCUT2D eigenvalue weighted by Gasteiger charge is -2.31. The monoisotopic (exact) mass is 391 g/mol. The van der Waals surface area contributed by atoms with Crippen molar-refractivity contribution in [1.82, 2.24) is 15.0 Å². The third kappa shape index (κ3) is 4.21. The number of aromatic nitrogens is 2. The van der Waals surface area contributed by atoms with Crippen LogP contribution in [0.2, 0.25) is 0 Å². The van der Waals surface area contributed by atoms with E-state index in [1.54, 1.807) is 11.0 Å². The van der Waals surface area contributed by atoms with Gasteiger partial charge < -0.3 is 9.42 Å². The molecule has 0 spiro atoms. The third-order valence-electron chi connectivity index (χ3n) is 4.97. The van der Waals surface area contributed by atoms with Crippen LogP contribution in [0.3, 0.4) is 0 Å². The van der Waals surface area contributed by atoms with Crippen LogP contribution in [0, 0.1) is 6.92 Å². The highest BCUT2D eigenvalue weighted by atomic mass is 32.2. The maximum Gasteiger partial charge on any atom is 0.254 e. The average molecular weight is 391 g/mol. The predicted molar refractivity (Wildman–Crippen MR) is 101 cm³/mol. The lowest BCUT2D eigenvalue weighted by Crippen LogP contribution is -2.38. The van der Waals surface area contributed by atoms with Gasteiger partial charge in [0.25, 0.3) is 5.91 Å². The van der Waals surface area contributed by atoms with Gasteiger partial charge in [-0.25, -0.2) is 8.42 Å². The van der Waals surface area contributed by atoms with Gasteiger partial charge >= 0.3 is 0 Å². The molecule has 27 heavy (non-hydrogen) atoms. The Bertz CT molecular complexity index is 942. The van der Waals surface area contributed by atoms with E-state index in [1.807, 2.05) is 20.8 Å². The van der Waals surface area contributed by atoms with Gasteiger partial charge in [-0.3, -0.25) is 4.79 Å². The Kier molecular flexibility index (Phi) is 5.37. The van der Waals surface area contributed by atoms with Crippen LogP contribution in [0.4, 0.5) is 0 Å². The number of aryl methyl sites for hydroxylation is 1. The maximum atomic E-state index is 12.9. The molecular weight excluding hydrogens is 366 g/mol. The molecule has 2 aromatic rings. The van der Waals surface area contributed by atoms with Gasteiger partial charge in [-0.05, 0) is 37.5 Å². The van der Waals surface area contributed by atoms with E-state index in [0.29, 0.717) is 30.4 Å². The summed E-state index contributed by atoms with van der Waals surface area (Å²) in [7, 11) is -3.35. The molecule has 0 aliphatic carbocycles. The van der Waals surface area contributed by atoms with Crippen molar-refractivity contribution in [2.24, 2.45) is 0 Å². The summed E-state index contributed by atoms with van der Waals surface area (Å²) in [5, 5.41) is 4.09. The van der Waals surface area contributed by atoms with Gasteiger partial charge in [-0.2, -0.15) is 4.98 Å². The van der Waals surface area contributed by atoms with Crippen LogP contribution in [0.1, 0.15) is 66.2 Å². The standard InChI is InChI=1S/C19H25N3O4S/c1-12(2)18-20-17(21-26-18)14-7-9-22(10-8-14)19(23)16-11-15(27(4,24)25)6-5-13(16)3/h5-6,11-12,14H,7-10H2,1-4H3. The number of carbonyl (C=O) groups is 1. The van der Waals surface area contributed by atoms with Crippen molar-refractivity contribution >= 4 is 15.7 Å². The van der Waals surface area contributed by atoms with Crippen molar-refractivity contribution in [2.45, 2.75) is 50.3 Å². The number of benzene rings is 1. The van der Waals surface area contributed by atoms with E-state index >= 15 is 0 Å². The van der Waals surface area contributed by atoms with Gasteiger partial charge in [-0.1, -0.05) is 25.1 Å². The average Bonchev–Trinajstić information content (AvgIpc) is 3.11. The summed E-state index contributed by atoms with van der Waals surface area (Å²) in [6, 6.07) is 4.70. The Morgan fingerprint density at radius 2 is 1.93 bits per heavy atom. The molecule has 0 unspecified atom stereocenters. The Balaban J connectivity index is 1.71. The highest BCUT2D eigenvalue weighted by molar-refractivity contribution is 7.90. The zero-order chi connectivity index (χ0) is 19.8. The first-order chi connectivity index (χ1) is 12.7. The molecule has 1 saturated heterocycles. The molecule has 1 aromatic carbocycles. The van der Waals surface area contributed by atoms with Crippen molar-refractivity contribution in [3.8, 4) is 0 Å². The van der Waals surface area contributed by atoms with Crippen LogP contribution in [0.25, 0.3) is 0 Å². The van der Waals surface area contributed by atoms with Crippen molar-refractivity contribution < 1.29 is 17.7 Å². The smallest absolute Gasteiger partial charge is 0.254 e. The number of hydrogen-bond acceptors (Lipinski definition) is 6. The number of sulfone groups is 1. The number of rotatable bonds is 4. The Morgan fingerprint density at radius 1 is 1.26 bits per heavy atom. The lowest BCUT2D eigenvalue weighted by molar-refractivity contribution is 0.0709. The summed E-state index contributed by atoms with van der Waals surface area (Å²) >= 11 is 0. The normalized spacial score (nSPS) is 16.1. The minimum atomic E-state index is -3.35. The van der Waals surface area contributed by atoms with Gasteiger partial charge in [0.05, 0.1) is 4.90 Å². The minimum Gasteiger partial charge on any atom is -0.339 e. The SMILES string of the molecule is Cc1ccc(S(C)(=O)=O)cc1C(=O)N1CCC(c2noc(C(C)C)n2)CC1. The zero-order valence-electron chi connectivity index (χ0n) is 16.1. The second-order valence-electron chi connectivity index (χ2n) is 7.46. The van der Waals surface area contributed by atoms with Crippen LogP contribution in [-0.4, -0.2) is 48.7 Å². The Hall–Kier alpha value is -2.22. The molecule has 0 bridgehead atoms. The van der Waals surface area contributed by atoms with Gasteiger partial charge in [0.15, 0.2) is 15.7 Å². The molecule has 0 saturated carbocycles. The quantitative estimate of drug-likeness (QED) is 0.795. The first kappa shape index (κ1) is 19.5. The number of likely N-dealkylation sites (tertiary alicyclic amines) is 1. The fourth-order valence-electron chi connectivity index (χ4n) is 3.22. The molecule has 1 aliphatic rings. The highest BCUT2D eigenvalue weighted by Crippen LogP contribution is 2.28. The number of amides is 1. The van der Waals surface area contributed by atoms with E-state index in [2.05, 4.69) is 10.1 Å². The second-order valence-corrected chi connectivity index (χ2v) is 9.48. The zero-order valence-corrected chi connectivity index (χ0v) is 16.9. The molecule has 7 nitrogen and oxygen atoms in total. The van der Waals surface area contributed by atoms with E-state index in [0.717, 1.165) is 24.7 Å². The molecule has 1 aromatic heterocycles. The first-order valence-corrected chi connectivity index (χ1v) is 11.0. The molecule has 1 fully saturated rings. The number of nitrogens with zero attached hydrogens (tertiary/aromatic N) is 3. The highest BCUT2D eigenvalue weighted by Gasteiger charge is 2.28. The van der Waals surface area contributed by atoms with Crippen molar-refractivity contribution in [3.63, 3.8) is 0 Å². The van der Waals surface area contributed by atoms with Crippen LogP contribution in [-0.2, 0) is 9.84 Å². The van der Waals surface area contributed by atoms with E-state index < -0.39 is 9.84 Å². The lowest BCUT2D eigenvalue weighted by atomic mass is 9.95. The number of carbonyl (C=O) groups excluding carboxylic acids is 1. The summed E-state index contributed by atoms with van der Waals surface area (Å²) in [4.78, 5) is 19.3. The van der Waals surface area contributed by atoms with Crippen LogP contribution >= 0.6 is 0 Å². The summed E-state index contributed by atoms with van der Waals surface area (Å²) in [6.07, 6.45) is 2.66. The largest absolute Gasteiger partial charge is 0.339 e. The molecule has 1 amide bonds. The van der Waals surface area contributed by atoms with Crippen molar-refractivity contribution in [3.05, 3.63) is 41.0 Å². The van der Waals surface area contributed by atoms with Gasteiger partial charge in [0.1, 0.15) is 0 Å². The fraction of sp³-hybridized carbons (Fsp3) is 0.526. The van der Waals surface area contributed by atoms with E-state index in [1.165, 1.54) is 12.1 Å². The predicted octanol–water partition coefficient (Wildman–Crippen LogP) is 2.92. The van der Waals surface area contributed by atoms with Gasteiger partial charge in [0.2, 0.25) is 5.89 Å². The van der Waals surface area contributed by atoms with Crippen molar-refractivity contribution in [2.75, 3.05) is 19.3 Å². The fourth-order valence-corrected chi connectivity index (χ4v) is 3.87. The summed E-state index contributed by atoms with van der Waals surface area (Å²) in [6.45, 7) is 6.99. The molecule has 8 heteroatoms. The van der Waals surface area contributed by atoms with Crippen LogP contribution in [0.15, 0.2) is 27.6 Å². The molecule has 0 radical (unpaired) electrons. The van der Waals surface area contributed by atoms with Gasteiger partial charge in [-0.15, -0.1) is 0 Å². The van der Waals surface area contributed by atoms with E-state index in [9.17, 15) is 13.2 Å².